The number of nitrogens with zero attached hydrogens (tertiary/aromatic N) is 3. The molecule has 188 valence electrons. The molecule has 34 heavy (non-hydrogen) atoms. The van der Waals surface area contributed by atoms with Gasteiger partial charge in [0.1, 0.15) is 0 Å². The summed E-state index contributed by atoms with van der Waals surface area (Å²) in [7, 11) is 0. The molecule has 0 aromatic carbocycles. The van der Waals surface area contributed by atoms with Crippen LogP contribution in [0.15, 0.2) is 12.1 Å². The molecule has 1 aliphatic rings. The molecule has 1 fully saturated rings. The smallest absolute Gasteiger partial charge is 0.388 e. The van der Waals surface area contributed by atoms with Gasteiger partial charge in [-0.15, -0.1) is 0 Å². The van der Waals surface area contributed by atoms with Crippen molar-refractivity contribution >= 4 is 17.5 Å². The number of aromatic nitrogens is 3. The van der Waals surface area contributed by atoms with Gasteiger partial charge in [-0.3, -0.25) is 9.48 Å². The van der Waals surface area contributed by atoms with E-state index in [4.69, 9.17) is 16.3 Å². The van der Waals surface area contributed by atoms with E-state index >= 15 is 0 Å². The summed E-state index contributed by atoms with van der Waals surface area (Å²) in [5.41, 5.74) is 1.24. The van der Waals surface area contributed by atoms with Crippen molar-refractivity contribution in [1.29, 1.82) is 0 Å². The average molecular weight is 497 g/mol. The lowest BCUT2D eigenvalue weighted by Gasteiger charge is -2.26. The summed E-state index contributed by atoms with van der Waals surface area (Å²) in [4.78, 5) is 17.3. The highest BCUT2D eigenvalue weighted by molar-refractivity contribution is 6.36. The third kappa shape index (κ3) is 6.68. The molecule has 0 aliphatic heterocycles. The lowest BCUT2D eigenvalue weighted by Crippen LogP contribution is -2.31. The van der Waals surface area contributed by atoms with Crippen molar-refractivity contribution < 1.29 is 18.3 Å². The zero-order valence-corrected chi connectivity index (χ0v) is 21.4. The summed E-state index contributed by atoms with van der Waals surface area (Å²) in [6.07, 6.45) is 5.10. The Bertz CT molecular complexity index is 996. The number of hydrogen-bond donors (Lipinski definition) is 1. The molecule has 9 heteroatoms. The number of ether oxygens (including phenoxy) is 1. The summed E-state index contributed by atoms with van der Waals surface area (Å²) in [5.74, 6) is 0.580. The van der Waals surface area contributed by atoms with Crippen molar-refractivity contribution in [3.05, 3.63) is 28.5 Å². The number of halogens is 3. The normalized spacial score (nSPS) is 18.9. The van der Waals surface area contributed by atoms with Crippen LogP contribution in [-0.2, 0) is 13.0 Å². The second-order valence-corrected chi connectivity index (χ2v) is 10.8. The summed E-state index contributed by atoms with van der Waals surface area (Å²) < 4.78 is 32.7. The zero-order valence-electron chi connectivity index (χ0n) is 20.6. The Morgan fingerprint density at radius 1 is 1.26 bits per heavy atom. The van der Waals surface area contributed by atoms with Crippen LogP contribution in [0, 0.1) is 17.3 Å². The molecule has 1 saturated carbocycles. The first-order valence-electron chi connectivity index (χ1n) is 12.0. The van der Waals surface area contributed by atoms with Crippen LogP contribution in [0.1, 0.15) is 76.5 Å². The molecule has 0 atom stereocenters. The van der Waals surface area contributed by atoms with Crippen LogP contribution in [0.4, 0.5) is 8.78 Å². The number of hydrogen-bond acceptors (Lipinski definition) is 4. The maximum atomic E-state index is 13.2. The Hall–Kier alpha value is -2.22. The Morgan fingerprint density at radius 3 is 2.53 bits per heavy atom. The Morgan fingerprint density at radius 2 is 1.94 bits per heavy atom. The molecule has 6 nitrogen and oxygen atoms in total. The second-order valence-electron chi connectivity index (χ2n) is 10.4. The first-order valence-corrected chi connectivity index (χ1v) is 12.4. The van der Waals surface area contributed by atoms with E-state index in [2.05, 4.69) is 22.3 Å². The van der Waals surface area contributed by atoms with E-state index in [9.17, 15) is 13.6 Å². The summed E-state index contributed by atoms with van der Waals surface area (Å²) >= 11 is 6.62. The number of carbonyl (C=O) groups is 1. The second kappa shape index (κ2) is 11.0. The number of aryl methyl sites for hydroxylation is 1. The number of rotatable bonds is 8. The van der Waals surface area contributed by atoms with Crippen LogP contribution in [-0.4, -0.2) is 33.8 Å². The van der Waals surface area contributed by atoms with Crippen LogP contribution in [0.5, 0.6) is 5.88 Å². The fourth-order valence-electron chi connectivity index (χ4n) is 4.40. The average Bonchev–Trinajstić information content (AvgIpc) is 3.08. The van der Waals surface area contributed by atoms with Crippen molar-refractivity contribution in [3.8, 4) is 17.1 Å². The molecule has 0 spiro atoms. The fourth-order valence-corrected chi connectivity index (χ4v) is 4.72. The van der Waals surface area contributed by atoms with Crippen LogP contribution in [0.3, 0.4) is 0 Å². The van der Waals surface area contributed by atoms with Crippen LogP contribution < -0.4 is 10.1 Å². The number of amides is 1. The zero-order chi connectivity index (χ0) is 25.0. The van der Waals surface area contributed by atoms with Gasteiger partial charge in [-0.1, -0.05) is 52.1 Å². The SMILES string of the molecule is CCn1nc(C(=O)NCC2CCC(C)CC2)c(Cl)c1-c1ccc(CC(C)(C)C)nc1OC(F)F. The summed E-state index contributed by atoms with van der Waals surface area (Å²) in [6, 6.07) is 3.43. The maximum Gasteiger partial charge on any atom is 0.388 e. The molecule has 0 unspecified atom stereocenters. The minimum Gasteiger partial charge on any atom is -0.416 e. The fraction of sp³-hybridized carbons (Fsp3) is 0.640. The van der Waals surface area contributed by atoms with Gasteiger partial charge in [0, 0.05) is 18.8 Å². The molecule has 2 aromatic rings. The lowest BCUT2D eigenvalue weighted by molar-refractivity contribution is -0.0525. The van der Waals surface area contributed by atoms with Gasteiger partial charge in [0.15, 0.2) is 5.69 Å². The van der Waals surface area contributed by atoms with E-state index in [1.54, 1.807) is 12.1 Å². The molecule has 3 rings (SSSR count). The largest absolute Gasteiger partial charge is 0.416 e. The quantitative estimate of drug-likeness (QED) is 0.461. The number of pyridine rings is 1. The molecular weight excluding hydrogens is 462 g/mol. The first-order chi connectivity index (χ1) is 16.0. The van der Waals surface area contributed by atoms with E-state index in [-0.39, 0.29) is 33.5 Å². The van der Waals surface area contributed by atoms with Crippen molar-refractivity contribution in [3.63, 3.8) is 0 Å². The van der Waals surface area contributed by atoms with Gasteiger partial charge in [0.05, 0.1) is 16.3 Å². The van der Waals surface area contributed by atoms with Crippen LogP contribution >= 0.6 is 11.6 Å². The highest BCUT2D eigenvalue weighted by atomic mass is 35.5. The molecule has 0 bridgehead atoms. The van der Waals surface area contributed by atoms with Gasteiger partial charge in [-0.25, -0.2) is 4.98 Å². The van der Waals surface area contributed by atoms with Crippen LogP contribution in [0.2, 0.25) is 5.02 Å². The molecule has 2 heterocycles. The molecule has 1 aliphatic carbocycles. The number of alkyl halides is 2. The van der Waals surface area contributed by atoms with E-state index in [1.807, 2.05) is 27.7 Å². The third-order valence-electron chi connectivity index (χ3n) is 6.18. The standard InChI is InChI=1S/C25H35ClF2N4O2/c1-6-32-21(18-12-11-17(13-25(3,4)5)30-23(18)34-24(27)28)19(26)20(31-32)22(33)29-14-16-9-7-15(2)8-10-16/h11-12,15-16,24H,6-10,13-14H2,1-5H3,(H,29,33). The number of carbonyl (C=O) groups excluding carboxylic acids is 1. The Labute approximate surface area is 205 Å². The van der Waals surface area contributed by atoms with E-state index < -0.39 is 6.61 Å². The van der Waals surface area contributed by atoms with Gasteiger partial charge < -0.3 is 10.1 Å². The maximum absolute atomic E-state index is 13.2. The third-order valence-corrected chi connectivity index (χ3v) is 6.54. The van der Waals surface area contributed by atoms with E-state index in [0.29, 0.717) is 36.8 Å². The topological polar surface area (TPSA) is 69.0 Å². The minimum atomic E-state index is -3.05. The minimum absolute atomic E-state index is 0.0736. The van der Waals surface area contributed by atoms with Crippen molar-refractivity contribution in [2.45, 2.75) is 79.9 Å². The highest BCUT2D eigenvalue weighted by Crippen LogP contribution is 2.37. The van der Waals surface area contributed by atoms with Gasteiger partial charge in [0.25, 0.3) is 5.91 Å². The molecule has 0 radical (unpaired) electrons. The predicted molar refractivity (Wildman–Crippen MR) is 129 cm³/mol. The predicted octanol–water partition coefficient (Wildman–Crippen LogP) is 6.36. The van der Waals surface area contributed by atoms with Crippen LogP contribution in [0.25, 0.3) is 11.3 Å². The molecular formula is C25H35ClF2N4O2. The molecule has 0 saturated heterocycles. The van der Waals surface area contributed by atoms with Crippen molar-refractivity contribution in [2.24, 2.45) is 17.3 Å². The Balaban J connectivity index is 1.89. The Kier molecular flexibility index (Phi) is 8.55. The molecule has 1 N–H and O–H groups in total. The lowest BCUT2D eigenvalue weighted by atomic mass is 9.83. The molecule has 1 amide bonds. The first kappa shape index (κ1) is 26.4. The summed E-state index contributed by atoms with van der Waals surface area (Å²) in [5, 5.41) is 7.44. The van der Waals surface area contributed by atoms with E-state index in [0.717, 1.165) is 18.8 Å². The van der Waals surface area contributed by atoms with Gasteiger partial charge in [0.2, 0.25) is 5.88 Å². The number of nitrogens with one attached hydrogen (secondary N) is 1. The van der Waals surface area contributed by atoms with Crippen molar-refractivity contribution in [2.75, 3.05) is 6.54 Å². The monoisotopic (exact) mass is 496 g/mol. The van der Waals surface area contributed by atoms with Gasteiger partial charge in [-0.2, -0.15) is 13.9 Å². The van der Waals surface area contributed by atoms with Gasteiger partial charge >= 0.3 is 6.61 Å². The summed E-state index contributed by atoms with van der Waals surface area (Å²) in [6.45, 7) is 8.12. The van der Waals surface area contributed by atoms with E-state index in [1.165, 1.54) is 17.5 Å². The molecule has 2 aromatic heterocycles. The highest BCUT2D eigenvalue weighted by Gasteiger charge is 2.27. The van der Waals surface area contributed by atoms with Gasteiger partial charge in [-0.05, 0) is 55.6 Å². The van der Waals surface area contributed by atoms with Crippen molar-refractivity contribution in [1.82, 2.24) is 20.1 Å².